The lowest BCUT2D eigenvalue weighted by molar-refractivity contribution is -0.203. The third-order valence-corrected chi connectivity index (χ3v) is 2.15. The molecule has 0 bridgehead atoms. The number of carboxylic acid groups (broad SMARTS) is 1. The van der Waals surface area contributed by atoms with Gasteiger partial charge >= 0.3 is 18.2 Å². The van der Waals surface area contributed by atoms with Crippen molar-refractivity contribution in [3.63, 3.8) is 0 Å². The number of aliphatic carboxylic acids is 1. The first-order chi connectivity index (χ1) is 7.85. The average Bonchev–Trinajstić information content (AvgIpc) is 2.14. The second-order valence-electron chi connectivity index (χ2n) is 4.28. The second-order valence-corrected chi connectivity index (χ2v) is 4.28. The minimum absolute atomic E-state index is 0.345. The maximum atomic E-state index is 12.6. The molecule has 5 nitrogen and oxygen atoms in total. The zero-order valence-corrected chi connectivity index (χ0v) is 9.97. The van der Waals surface area contributed by atoms with Crippen molar-refractivity contribution in [3.05, 3.63) is 0 Å². The molecule has 0 heterocycles. The third kappa shape index (κ3) is 3.55. The standard InChI is InChI=1S/C10H13F3N2O3/c1-5-8(2,3)14-7(18)15-9(4,6(16)17)10(11,12)13/h1H,2-4H3,(H,16,17)(H2,14,15,18). The van der Waals surface area contributed by atoms with Crippen molar-refractivity contribution in [1.82, 2.24) is 10.6 Å². The first-order valence-electron chi connectivity index (χ1n) is 4.74. The Morgan fingerprint density at radius 2 is 1.61 bits per heavy atom. The molecule has 0 saturated carbocycles. The van der Waals surface area contributed by atoms with Gasteiger partial charge in [-0.3, -0.25) is 0 Å². The van der Waals surface area contributed by atoms with Crippen LogP contribution in [0.15, 0.2) is 0 Å². The highest BCUT2D eigenvalue weighted by Crippen LogP contribution is 2.30. The SMILES string of the molecule is C#CC(C)(C)NC(=O)NC(C)(C(=O)O)C(F)(F)F. The first kappa shape index (κ1) is 16.1. The summed E-state index contributed by atoms with van der Waals surface area (Å²) < 4.78 is 37.7. The maximum Gasteiger partial charge on any atom is 0.422 e. The molecular formula is C10H13F3N2O3. The zero-order valence-electron chi connectivity index (χ0n) is 9.97. The molecule has 0 radical (unpaired) electrons. The lowest BCUT2D eigenvalue weighted by Crippen LogP contribution is -2.65. The van der Waals surface area contributed by atoms with Crippen LogP contribution in [0, 0.1) is 12.3 Å². The van der Waals surface area contributed by atoms with Crippen molar-refractivity contribution in [2.75, 3.05) is 0 Å². The van der Waals surface area contributed by atoms with E-state index in [4.69, 9.17) is 11.5 Å². The van der Waals surface area contributed by atoms with Gasteiger partial charge in [-0.1, -0.05) is 5.92 Å². The third-order valence-electron chi connectivity index (χ3n) is 2.15. The predicted molar refractivity (Wildman–Crippen MR) is 56.7 cm³/mol. The van der Waals surface area contributed by atoms with Gasteiger partial charge < -0.3 is 15.7 Å². The van der Waals surface area contributed by atoms with Crippen LogP contribution in [0.3, 0.4) is 0 Å². The molecule has 1 atom stereocenters. The minimum atomic E-state index is -5.14. The Kier molecular flexibility index (Phi) is 4.25. The molecule has 0 aliphatic carbocycles. The van der Waals surface area contributed by atoms with E-state index in [0.717, 1.165) is 0 Å². The van der Waals surface area contributed by atoms with E-state index < -0.39 is 29.3 Å². The van der Waals surface area contributed by atoms with Gasteiger partial charge in [0.25, 0.3) is 0 Å². The number of carboxylic acids is 1. The highest BCUT2D eigenvalue weighted by Gasteiger charge is 2.58. The summed E-state index contributed by atoms with van der Waals surface area (Å²) in [5, 5.41) is 12.0. The number of halogens is 3. The number of nitrogens with one attached hydrogen (secondary N) is 2. The van der Waals surface area contributed by atoms with Crippen LogP contribution >= 0.6 is 0 Å². The molecule has 102 valence electrons. The number of hydrogen-bond acceptors (Lipinski definition) is 2. The topological polar surface area (TPSA) is 78.4 Å². The summed E-state index contributed by atoms with van der Waals surface area (Å²) in [7, 11) is 0. The molecule has 0 aromatic rings. The van der Waals surface area contributed by atoms with E-state index in [0.29, 0.717) is 6.92 Å². The first-order valence-corrected chi connectivity index (χ1v) is 4.74. The van der Waals surface area contributed by atoms with E-state index in [2.05, 4.69) is 5.92 Å². The van der Waals surface area contributed by atoms with Crippen molar-refractivity contribution in [1.29, 1.82) is 0 Å². The van der Waals surface area contributed by atoms with Gasteiger partial charge in [-0.25, -0.2) is 9.59 Å². The minimum Gasteiger partial charge on any atom is -0.479 e. The van der Waals surface area contributed by atoms with Crippen molar-refractivity contribution >= 4 is 12.0 Å². The number of urea groups is 1. The van der Waals surface area contributed by atoms with Crippen LogP contribution < -0.4 is 10.6 Å². The van der Waals surface area contributed by atoms with Crippen molar-refractivity contribution in [3.8, 4) is 12.3 Å². The van der Waals surface area contributed by atoms with Crippen LogP contribution in [0.4, 0.5) is 18.0 Å². The lowest BCUT2D eigenvalue weighted by Gasteiger charge is -2.30. The van der Waals surface area contributed by atoms with E-state index in [9.17, 15) is 22.8 Å². The van der Waals surface area contributed by atoms with E-state index in [-0.39, 0.29) is 0 Å². The fourth-order valence-electron chi connectivity index (χ4n) is 0.824. The Bertz CT molecular complexity index is 398. The molecule has 0 fully saturated rings. The predicted octanol–water partition coefficient (Wildman–Crippen LogP) is 1.10. The Morgan fingerprint density at radius 3 is 1.89 bits per heavy atom. The van der Waals surface area contributed by atoms with Crippen LogP contribution in [-0.4, -0.2) is 34.4 Å². The van der Waals surface area contributed by atoms with Crippen LogP contribution in [0.5, 0.6) is 0 Å². The summed E-state index contributed by atoms with van der Waals surface area (Å²) in [5.74, 6) is -0.0935. The van der Waals surface area contributed by atoms with E-state index >= 15 is 0 Å². The molecule has 2 amide bonds. The van der Waals surface area contributed by atoms with E-state index in [1.807, 2.05) is 5.32 Å². The molecule has 0 saturated heterocycles. The quantitative estimate of drug-likeness (QED) is 0.669. The fourth-order valence-corrected chi connectivity index (χ4v) is 0.824. The Labute approximate surface area is 102 Å². The average molecular weight is 266 g/mol. The number of rotatable bonds is 3. The fraction of sp³-hybridized carbons (Fsp3) is 0.600. The molecular weight excluding hydrogens is 253 g/mol. The molecule has 0 aliphatic rings. The summed E-state index contributed by atoms with van der Waals surface area (Å²) in [6, 6.07) is -1.32. The monoisotopic (exact) mass is 266 g/mol. The molecule has 0 aliphatic heterocycles. The van der Waals surface area contributed by atoms with Crippen LogP contribution in [0.2, 0.25) is 0 Å². The van der Waals surface area contributed by atoms with Gasteiger partial charge in [-0.05, 0) is 20.8 Å². The molecule has 8 heteroatoms. The number of alkyl halides is 3. The summed E-state index contributed by atoms with van der Waals surface area (Å²) in [6.45, 7) is 3.09. The number of amides is 2. The number of carbonyl (C=O) groups is 2. The van der Waals surface area contributed by atoms with Crippen molar-refractivity contribution in [2.24, 2.45) is 0 Å². The Hall–Kier alpha value is -1.91. The van der Waals surface area contributed by atoms with Crippen LogP contribution in [-0.2, 0) is 4.79 Å². The van der Waals surface area contributed by atoms with Gasteiger partial charge in [0.05, 0.1) is 5.54 Å². The highest BCUT2D eigenvalue weighted by molar-refractivity contribution is 5.87. The van der Waals surface area contributed by atoms with Crippen LogP contribution in [0.1, 0.15) is 20.8 Å². The second kappa shape index (κ2) is 4.76. The van der Waals surface area contributed by atoms with E-state index in [1.54, 1.807) is 0 Å². The normalized spacial score (nSPS) is 15.2. The highest BCUT2D eigenvalue weighted by atomic mass is 19.4. The Balaban J connectivity index is 5.02. The largest absolute Gasteiger partial charge is 0.479 e. The van der Waals surface area contributed by atoms with E-state index in [1.165, 1.54) is 19.2 Å². The molecule has 0 rings (SSSR count). The van der Waals surface area contributed by atoms with Gasteiger partial charge in [0.15, 0.2) is 0 Å². The summed E-state index contributed by atoms with van der Waals surface area (Å²) in [5.41, 5.74) is -4.59. The summed E-state index contributed by atoms with van der Waals surface area (Å²) in [6.07, 6.45) is -0.110. The molecule has 3 N–H and O–H groups in total. The molecule has 0 aromatic carbocycles. The summed E-state index contributed by atoms with van der Waals surface area (Å²) in [4.78, 5) is 21.9. The van der Waals surface area contributed by atoms with Crippen molar-refractivity contribution in [2.45, 2.75) is 38.0 Å². The van der Waals surface area contributed by atoms with Gasteiger partial charge in [0.1, 0.15) is 0 Å². The molecule has 0 aromatic heterocycles. The number of hydrogen-bond donors (Lipinski definition) is 3. The van der Waals surface area contributed by atoms with Gasteiger partial charge in [-0.15, -0.1) is 6.42 Å². The summed E-state index contributed by atoms with van der Waals surface area (Å²) >= 11 is 0. The van der Waals surface area contributed by atoms with Crippen LogP contribution in [0.25, 0.3) is 0 Å². The number of terminal acetylenes is 1. The molecule has 1 unspecified atom stereocenters. The van der Waals surface area contributed by atoms with Gasteiger partial charge in [-0.2, -0.15) is 13.2 Å². The zero-order chi connectivity index (χ0) is 14.8. The maximum absolute atomic E-state index is 12.6. The lowest BCUT2D eigenvalue weighted by atomic mass is 10.0. The molecule has 18 heavy (non-hydrogen) atoms. The molecule has 0 spiro atoms. The van der Waals surface area contributed by atoms with Gasteiger partial charge in [0.2, 0.25) is 5.54 Å². The number of carbonyl (C=O) groups excluding carboxylic acids is 1. The smallest absolute Gasteiger partial charge is 0.422 e. The van der Waals surface area contributed by atoms with Gasteiger partial charge in [0, 0.05) is 0 Å². The van der Waals surface area contributed by atoms with Crippen molar-refractivity contribution < 1.29 is 27.9 Å². The Morgan fingerprint density at radius 1 is 1.17 bits per heavy atom.